The van der Waals surface area contributed by atoms with Gasteiger partial charge < -0.3 is 10.4 Å². The number of likely N-dealkylation sites (tertiary alicyclic amines) is 1. The molecule has 7 nitrogen and oxygen atoms in total. The lowest BCUT2D eigenvalue weighted by Gasteiger charge is -2.38. The minimum atomic E-state index is -3.03. The van der Waals surface area contributed by atoms with Crippen molar-refractivity contribution >= 4 is 23.5 Å². The molecule has 1 aromatic carbocycles. The lowest BCUT2D eigenvalue weighted by molar-refractivity contribution is -0.142. The van der Waals surface area contributed by atoms with E-state index in [9.17, 15) is 23.2 Å². The van der Waals surface area contributed by atoms with Crippen LogP contribution in [0, 0.1) is 5.92 Å². The molecule has 2 heterocycles. The molecule has 2 aliphatic heterocycles. The number of aliphatic carboxylic acids is 1. The largest absolute Gasteiger partial charge is 0.480 e. The van der Waals surface area contributed by atoms with Gasteiger partial charge in [0.2, 0.25) is 11.8 Å². The van der Waals surface area contributed by atoms with E-state index in [0.29, 0.717) is 37.2 Å². The van der Waals surface area contributed by atoms with Crippen LogP contribution in [0.25, 0.3) is 0 Å². The maximum atomic E-state index is 14.6. The molecule has 2 fully saturated rings. The van der Waals surface area contributed by atoms with Gasteiger partial charge >= 0.3 is 5.97 Å². The first kappa shape index (κ1) is 20.2. The fourth-order valence-electron chi connectivity index (χ4n) is 3.79. The number of alkyl halides is 2. The van der Waals surface area contributed by atoms with Crippen molar-refractivity contribution < 1.29 is 28.3 Å². The highest BCUT2D eigenvalue weighted by Gasteiger charge is 2.45. The van der Waals surface area contributed by atoms with Crippen molar-refractivity contribution in [2.45, 2.75) is 31.1 Å². The number of nitrogens with one attached hydrogen (secondary N) is 2. The van der Waals surface area contributed by atoms with Gasteiger partial charge in [-0.25, -0.2) is 8.78 Å². The number of imide groups is 1. The maximum Gasteiger partial charge on any atom is 0.317 e. The number of carbonyl (C=O) groups is 3. The molecule has 0 aromatic heterocycles. The number of benzene rings is 1. The second-order valence-electron chi connectivity index (χ2n) is 7.36. The summed E-state index contributed by atoms with van der Waals surface area (Å²) in [5, 5.41) is 14.2. The van der Waals surface area contributed by atoms with Crippen LogP contribution >= 0.6 is 0 Å². The van der Waals surface area contributed by atoms with Crippen molar-refractivity contribution in [3.63, 3.8) is 0 Å². The highest BCUT2D eigenvalue weighted by Crippen LogP contribution is 2.40. The van der Waals surface area contributed by atoms with E-state index in [1.165, 1.54) is 4.90 Å². The molecule has 0 radical (unpaired) electrons. The molecule has 2 amide bonds. The summed E-state index contributed by atoms with van der Waals surface area (Å²) in [6.45, 7) is -0.371. The van der Waals surface area contributed by atoms with E-state index in [4.69, 9.17) is 5.11 Å². The number of halogens is 2. The summed E-state index contributed by atoms with van der Waals surface area (Å²) in [5.41, 5.74) is 1.11. The molecule has 2 aliphatic rings. The standard InChI is InChI=1S/C19H23F2N3O4/c20-19(21)11-24(10-17(26)27)7-6-15(19)12-2-1-3-14(8-12)22-9-13-4-5-16(25)23-18(13)28/h1-3,8,13,15,22H,4-7,9-11H2,(H,26,27)(H,23,25,28). The van der Waals surface area contributed by atoms with Crippen LogP contribution in [0.5, 0.6) is 0 Å². The van der Waals surface area contributed by atoms with Crippen LogP contribution in [0.1, 0.15) is 30.7 Å². The Morgan fingerprint density at radius 3 is 2.79 bits per heavy atom. The van der Waals surface area contributed by atoms with Crippen LogP contribution in [0.2, 0.25) is 0 Å². The molecule has 0 saturated carbocycles. The third kappa shape index (κ3) is 4.83. The van der Waals surface area contributed by atoms with E-state index < -0.39 is 30.9 Å². The van der Waals surface area contributed by atoms with Crippen LogP contribution in [-0.4, -0.2) is 59.9 Å². The number of nitrogens with zero attached hydrogens (tertiary/aromatic N) is 1. The van der Waals surface area contributed by atoms with Gasteiger partial charge in [-0.05, 0) is 37.1 Å². The number of carbonyl (C=O) groups excluding carboxylic acids is 2. The summed E-state index contributed by atoms with van der Waals surface area (Å²) in [6, 6.07) is 6.72. The SMILES string of the molecule is O=C(O)CN1CCC(c2cccc(NCC3CCC(=O)NC3=O)c2)C(F)(F)C1. The molecular formula is C19H23F2N3O4. The Kier molecular flexibility index (Phi) is 5.93. The second-order valence-corrected chi connectivity index (χ2v) is 7.36. The lowest BCUT2D eigenvalue weighted by Crippen LogP contribution is -2.48. The van der Waals surface area contributed by atoms with Crippen molar-refractivity contribution in [3.8, 4) is 0 Å². The Morgan fingerprint density at radius 2 is 2.11 bits per heavy atom. The quantitative estimate of drug-likeness (QED) is 0.634. The zero-order chi connectivity index (χ0) is 20.3. The summed E-state index contributed by atoms with van der Waals surface area (Å²) >= 11 is 0. The van der Waals surface area contributed by atoms with Crippen LogP contribution in [0.4, 0.5) is 14.5 Å². The van der Waals surface area contributed by atoms with Crippen molar-refractivity contribution in [1.29, 1.82) is 0 Å². The van der Waals surface area contributed by atoms with Gasteiger partial charge in [0.05, 0.1) is 24.9 Å². The third-order valence-corrected chi connectivity index (χ3v) is 5.23. The highest BCUT2D eigenvalue weighted by atomic mass is 19.3. The summed E-state index contributed by atoms with van der Waals surface area (Å²) in [5.74, 6) is -6.08. The Hall–Kier alpha value is -2.55. The van der Waals surface area contributed by atoms with Gasteiger partial charge in [-0.15, -0.1) is 0 Å². The first-order valence-corrected chi connectivity index (χ1v) is 9.24. The Balaban J connectivity index is 1.63. The van der Waals surface area contributed by atoms with Gasteiger partial charge in [0.25, 0.3) is 5.92 Å². The van der Waals surface area contributed by atoms with E-state index in [0.717, 1.165) is 0 Å². The molecule has 1 aromatic rings. The van der Waals surface area contributed by atoms with Gasteiger partial charge in [0.1, 0.15) is 0 Å². The Morgan fingerprint density at radius 1 is 1.32 bits per heavy atom. The van der Waals surface area contributed by atoms with Crippen molar-refractivity contribution in [2.75, 3.05) is 31.5 Å². The van der Waals surface area contributed by atoms with E-state index >= 15 is 0 Å². The highest BCUT2D eigenvalue weighted by molar-refractivity contribution is 5.98. The Bertz CT molecular complexity index is 771. The molecule has 9 heteroatoms. The average Bonchev–Trinajstić information content (AvgIpc) is 2.60. The fraction of sp³-hybridized carbons (Fsp3) is 0.526. The van der Waals surface area contributed by atoms with E-state index in [-0.39, 0.29) is 24.2 Å². The molecule has 2 unspecified atom stereocenters. The molecule has 28 heavy (non-hydrogen) atoms. The monoisotopic (exact) mass is 395 g/mol. The lowest BCUT2D eigenvalue weighted by atomic mass is 9.86. The zero-order valence-corrected chi connectivity index (χ0v) is 15.3. The van der Waals surface area contributed by atoms with Gasteiger partial charge in [0.15, 0.2) is 0 Å². The molecule has 3 N–H and O–H groups in total. The Labute approximate surface area is 161 Å². The van der Waals surface area contributed by atoms with E-state index in [1.807, 2.05) is 0 Å². The summed E-state index contributed by atoms with van der Waals surface area (Å²) in [7, 11) is 0. The number of carboxylic acids is 1. The van der Waals surface area contributed by atoms with E-state index in [2.05, 4.69) is 10.6 Å². The maximum absolute atomic E-state index is 14.6. The van der Waals surface area contributed by atoms with E-state index in [1.54, 1.807) is 24.3 Å². The number of anilines is 1. The summed E-state index contributed by atoms with van der Waals surface area (Å²) < 4.78 is 29.2. The number of hydrogen-bond acceptors (Lipinski definition) is 5. The number of hydrogen-bond donors (Lipinski definition) is 3. The summed E-state index contributed by atoms with van der Waals surface area (Å²) in [6.07, 6.45) is 0.910. The first-order chi connectivity index (χ1) is 13.2. The molecule has 2 saturated heterocycles. The van der Waals surface area contributed by atoms with Gasteiger partial charge in [-0.1, -0.05) is 12.1 Å². The van der Waals surface area contributed by atoms with Gasteiger partial charge in [-0.2, -0.15) is 0 Å². The number of amides is 2. The molecule has 0 aliphatic carbocycles. The van der Waals surface area contributed by atoms with Crippen LogP contribution in [-0.2, 0) is 14.4 Å². The summed E-state index contributed by atoms with van der Waals surface area (Å²) in [4.78, 5) is 35.0. The molecule has 0 spiro atoms. The van der Waals surface area contributed by atoms with Crippen molar-refractivity contribution in [1.82, 2.24) is 10.2 Å². The normalized spacial score (nSPS) is 25.2. The van der Waals surface area contributed by atoms with Crippen LogP contribution < -0.4 is 10.6 Å². The minimum Gasteiger partial charge on any atom is -0.480 e. The number of rotatable bonds is 6. The molecule has 2 atom stereocenters. The van der Waals surface area contributed by atoms with Gasteiger partial charge in [0, 0.05) is 18.7 Å². The molecule has 152 valence electrons. The predicted octanol–water partition coefficient (Wildman–Crippen LogP) is 1.66. The van der Waals surface area contributed by atoms with Crippen LogP contribution in [0.3, 0.4) is 0 Å². The predicted molar refractivity (Wildman–Crippen MR) is 97.2 cm³/mol. The van der Waals surface area contributed by atoms with Gasteiger partial charge in [-0.3, -0.25) is 24.6 Å². The average molecular weight is 395 g/mol. The molecule has 3 rings (SSSR count). The third-order valence-electron chi connectivity index (χ3n) is 5.23. The smallest absolute Gasteiger partial charge is 0.317 e. The number of piperidine rings is 2. The molecular weight excluding hydrogens is 372 g/mol. The molecule has 0 bridgehead atoms. The zero-order valence-electron chi connectivity index (χ0n) is 15.3. The first-order valence-electron chi connectivity index (χ1n) is 9.24. The van der Waals surface area contributed by atoms with Crippen molar-refractivity contribution in [2.24, 2.45) is 5.92 Å². The minimum absolute atomic E-state index is 0.164. The van der Waals surface area contributed by atoms with Crippen molar-refractivity contribution in [3.05, 3.63) is 29.8 Å². The second kappa shape index (κ2) is 8.22. The van der Waals surface area contributed by atoms with Crippen LogP contribution in [0.15, 0.2) is 24.3 Å². The number of carboxylic acid groups (broad SMARTS) is 1. The topological polar surface area (TPSA) is 98.7 Å². The fourth-order valence-corrected chi connectivity index (χ4v) is 3.79.